The molecule has 0 spiro atoms. The zero-order valence-electron chi connectivity index (χ0n) is 16.3. The van der Waals surface area contributed by atoms with Crippen LogP contribution in [-0.4, -0.2) is 43.9 Å². The minimum atomic E-state index is -0.293. The van der Waals surface area contributed by atoms with Crippen molar-refractivity contribution in [3.8, 4) is 5.69 Å². The molecule has 1 aliphatic rings. The van der Waals surface area contributed by atoms with Crippen molar-refractivity contribution < 1.29 is 9.18 Å². The third-order valence-electron chi connectivity index (χ3n) is 5.04. The summed E-state index contributed by atoms with van der Waals surface area (Å²) >= 11 is 1.40. The zero-order valence-corrected chi connectivity index (χ0v) is 17.1. The topological polar surface area (TPSA) is 51.0 Å². The molecular formula is C22H23FN4OS. The van der Waals surface area contributed by atoms with Gasteiger partial charge in [-0.2, -0.15) is 0 Å². The van der Waals surface area contributed by atoms with Gasteiger partial charge in [0.15, 0.2) is 5.16 Å². The largest absolute Gasteiger partial charge is 0.342 e. The van der Waals surface area contributed by atoms with Gasteiger partial charge in [-0.1, -0.05) is 42.1 Å². The van der Waals surface area contributed by atoms with Gasteiger partial charge >= 0.3 is 0 Å². The molecule has 7 heteroatoms. The van der Waals surface area contributed by atoms with E-state index in [4.69, 9.17) is 0 Å². The molecule has 150 valence electrons. The lowest BCUT2D eigenvalue weighted by Gasteiger charge is -2.20. The summed E-state index contributed by atoms with van der Waals surface area (Å²) < 4.78 is 15.4. The summed E-state index contributed by atoms with van der Waals surface area (Å²) in [4.78, 5) is 14.7. The van der Waals surface area contributed by atoms with Gasteiger partial charge in [0.1, 0.15) is 11.6 Å². The molecule has 3 aromatic rings. The van der Waals surface area contributed by atoms with Gasteiger partial charge in [-0.25, -0.2) is 4.39 Å². The van der Waals surface area contributed by atoms with E-state index in [-0.39, 0.29) is 17.0 Å². The highest BCUT2D eigenvalue weighted by Gasteiger charge is 2.26. The molecule has 0 unspecified atom stereocenters. The van der Waals surface area contributed by atoms with Gasteiger partial charge < -0.3 is 4.90 Å². The molecule has 5 nitrogen and oxygen atoms in total. The molecule has 1 atom stereocenters. The molecule has 1 aliphatic heterocycles. The second-order valence-electron chi connectivity index (χ2n) is 7.17. The highest BCUT2D eigenvalue weighted by Crippen LogP contribution is 2.28. The van der Waals surface area contributed by atoms with Crippen LogP contribution in [0.15, 0.2) is 59.8 Å². The summed E-state index contributed by atoms with van der Waals surface area (Å²) in [5.74, 6) is 0.593. The van der Waals surface area contributed by atoms with Crippen molar-refractivity contribution in [3.63, 3.8) is 0 Å². The predicted octanol–water partition coefficient (Wildman–Crippen LogP) is 4.10. The average Bonchev–Trinajstić information content (AvgIpc) is 3.40. The van der Waals surface area contributed by atoms with E-state index >= 15 is 0 Å². The lowest BCUT2D eigenvalue weighted by Crippen LogP contribution is -2.34. The quantitative estimate of drug-likeness (QED) is 0.574. The monoisotopic (exact) mass is 410 g/mol. The second kappa shape index (κ2) is 8.78. The minimum Gasteiger partial charge on any atom is -0.342 e. The summed E-state index contributed by atoms with van der Waals surface area (Å²) in [5.41, 5.74) is 1.90. The third-order valence-corrected chi connectivity index (χ3v) is 6.07. The molecule has 0 radical (unpaired) electrons. The number of amides is 1. The Bertz CT molecular complexity index is 968. The Morgan fingerprint density at radius 3 is 2.45 bits per heavy atom. The van der Waals surface area contributed by atoms with Crippen molar-refractivity contribution in [2.24, 2.45) is 0 Å². The number of rotatable bonds is 6. The Hall–Kier alpha value is -2.67. The molecule has 0 N–H and O–H groups in total. The van der Waals surface area contributed by atoms with Crippen molar-refractivity contribution in [1.29, 1.82) is 0 Å². The maximum atomic E-state index is 13.5. The van der Waals surface area contributed by atoms with Crippen molar-refractivity contribution >= 4 is 17.7 Å². The van der Waals surface area contributed by atoms with Crippen LogP contribution in [0.1, 0.15) is 31.2 Å². The number of nitrogens with zero attached hydrogens (tertiary/aromatic N) is 4. The standard InChI is InChI=1S/C22H23FN4OS/c1-16(21(28)26-13-5-6-14-26)29-22-25-24-20(15-17-7-3-2-4-8-17)27(22)19-11-9-18(23)10-12-19/h2-4,7-12,16H,5-6,13-15H2,1H3/t16-/m0/s1. The van der Waals surface area contributed by atoms with Gasteiger partial charge in [0.25, 0.3) is 0 Å². The predicted molar refractivity (Wildman–Crippen MR) is 112 cm³/mol. The number of carbonyl (C=O) groups is 1. The molecule has 0 aliphatic carbocycles. The van der Waals surface area contributed by atoms with E-state index < -0.39 is 0 Å². The molecule has 1 fully saturated rings. The normalized spacial score (nSPS) is 14.9. The van der Waals surface area contributed by atoms with Crippen molar-refractivity contribution in [2.45, 2.75) is 36.6 Å². The number of hydrogen-bond acceptors (Lipinski definition) is 4. The lowest BCUT2D eigenvalue weighted by molar-refractivity contribution is -0.129. The lowest BCUT2D eigenvalue weighted by atomic mass is 10.1. The minimum absolute atomic E-state index is 0.130. The number of thioether (sulfide) groups is 1. The van der Waals surface area contributed by atoms with Crippen LogP contribution in [0.25, 0.3) is 5.69 Å². The van der Waals surface area contributed by atoms with Crippen LogP contribution in [0.2, 0.25) is 0 Å². The van der Waals surface area contributed by atoms with Crippen LogP contribution < -0.4 is 0 Å². The maximum absolute atomic E-state index is 13.5. The van der Waals surface area contributed by atoms with Crippen LogP contribution in [0.3, 0.4) is 0 Å². The smallest absolute Gasteiger partial charge is 0.235 e. The Morgan fingerprint density at radius 2 is 1.76 bits per heavy atom. The molecule has 0 bridgehead atoms. The van der Waals surface area contributed by atoms with E-state index in [0.29, 0.717) is 11.6 Å². The average molecular weight is 411 g/mol. The van der Waals surface area contributed by atoms with Gasteiger partial charge in [-0.15, -0.1) is 10.2 Å². The van der Waals surface area contributed by atoms with Crippen LogP contribution in [0, 0.1) is 5.82 Å². The van der Waals surface area contributed by atoms with E-state index in [1.165, 1.54) is 23.9 Å². The molecule has 2 heterocycles. The van der Waals surface area contributed by atoms with E-state index in [1.54, 1.807) is 12.1 Å². The first kappa shape index (κ1) is 19.6. The first-order valence-electron chi connectivity index (χ1n) is 9.81. The highest BCUT2D eigenvalue weighted by molar-refractivity contribution is 8.00. The number of benzene rings is 2. The van der Waals surface area contributed by atoms with Gasteiger partial charge in [-0.3, -0.25) is 9.36 Å². The molecule has 1 aromatic heterocycles. The summed E-state index contributed by atoms with van der Waals surface area (Å²) in [5, 5.41) is 9.14. The number of aromatic nitrogens is 3. The van der Waals surface area contributed by atoms with Gasteiger partial charge in [-0.05, 0) is 49.6 Å². The molecular weight excluding hydrogens is 387 g/mol. The first-order valence-corrected chi connectivity index (χ1v) is 10.7. The number of halogens is 1. The summed E-state index contributed by atoms with van der Waals surface area (Å²) in [6, 6.07) is 16.3. The number of likely N-dealkylation sites (tertiary alicyclic amines) is 1. The van der Waals surface area contributed by atoms with Crippen LogP contribution >= 0.6 is 11.8 Å². The first-order chi connectivity index (χ1) is 14.1. The molecule has 29 heavy (non-hydrogen) atoms. The number of carbonyl (C=O) groups excluding carboxylic acids is 1. The summed E-state index contributed by atoms with van der Waals surface area (Å²) in [7, 11) is 0. The van der Waals surface area contributed by atoms with E-state index in [1.807, 2.05) is 46.7 Å². The maximum Gasteiger partial charge on any atom is 0.235 e. The van der Waals surface area contributed by atoms with Crippen molar-refractivity contribution in [3.05, 3.63) is 71.8 Å². The van der Waals surface area contributed by atoms with Gasteiger partial charge in [0.2, 0.25) is 5.91 Å². The SMILES string of the molecule is C[C@H](Sc1nnc(Cc2ccccc2)n1-c1ccc(F)cc1)C(=O)N1CCCC1. The van der Waals surface area contributed by atoms with E-state index in [2.05, 4.69) is 10.2 Å². The van der Waals surface area contributed by atoms with Crippen LogP contribution in [0.5, 0.6) is 0 Å². The summed E-state index contributed by atoms with van der Waals surface area (Å²) in [6.07, 6.45) is 2.73. The van der Waals surface area contributed by atoms with E-state index in [0.717, 1.165) is 43.0 Å². The van der Waals surface area contributed by atoms with Gasteiger partial charge in [0, 0.05) is 25.2 Å². The van der Waals surface area contributed by atoms with Crippen LogP contribution in [-0.2, 0) is 11.2 Å². The summed E-state index contributed by atoms with van der Waals surface area (Å²) in [6.45, 7) is 3.56. The Balaban J connectivity index is 1.64. The fourth-order valence-corrected chi connectivity index (χ4v) is 4.49. The van der Waals surface area contributed by atoms with Gasteiger partial charge in [0.05, 0.1) is 5.25 Å². The van der Waals surface area contributed by atoms with Crippen molar-refractivity contribution in [2.75, 3.05) is 13.1 Å². The fourth-order valence-electron chi connectivity index (χ4n) is 3.52. The second-order valence-corrected chi connectivity index (χ2v) is 8.47. The molecule has 4 rings (SSSR count). The third kappa shape index (κ3) is 4.50. The van der Waals surface area contributed by atoms with Crippen molar-refractivity contribution in [1.82, 2.24) is 19.7 Å². The Labute approximate surface area is 173 Å². The molecule has 2 aromatic carbocycles. The Kier molecular flexibility index (Phi) is 5.94. The van der Waals surface area contributed by atoms with E-state index in [9.17, 15) is 9.18 Å². The number of hydrogen-bond donors (Lipinski definition) is 0. The highest BCUT2D eigenvalue weighted by atomic mass is 32.2. The molecule has 0 saturated carbocycles. The van der Waals surface area contributed by atoms with Crippen LogP contribution in [0.4, 0.5) is 4.39 Å². The zero-order chi connectivity index (χ0) is 20.2. The Morgan fingerprint density at radius 1 is 1.07 bits per heavy atom. The fraction of sp³-hybridized carbons (Fsp3) is 0.318. The molecule has 1 saturated heterocycles. The molecule has 1 amide bonds.